The van der Waals surface area contributed by atoms with Crippen LogP contribution in [0, 0.1) is 0 Å². The molecule has 27 heavy (non-hydrogen) atoms. The monoisotopic (exact) mass is 389 g/mol. The summed E-state index contributed by atoms with van der Waals surface area (Å²) >= 11 is 1.26. The van der Waals surface area contributed by atoms with Crippen LogP contribution >= 0.6 is 11.3 Å². The third-order valence-corrected chi connectivity index (χ3v) is 4.16. The van der Waals surface area contributed by atoms with Crippen molar-refractivity contribution in [1.82, 2.24) is 5.32 Å². The van der Waals surface area contributed by atoms with E-state index in [9.17, 15) is 19.2 Å². The van der Waals surface area contributed by atoms with Crippen LogP contribution in [0.25, 0.3) is 0 Å². The van der Waals surface area contributed by atoms with E-state index in [0.717, 1.165) is 0 Å². The molecular formula is C18H19N3O5S. The Labute approximate surface area is 159 Å². The number of benzene rings is 1. The molecule has 0 aliphatic rings. The summed E-state index contributed by atoms with van der Waals surface area (Å²) in [6, 6.07) is 9.85. The van der Waals surface area contributed by atoms with Gasteiger partial charge in [-0.3, -0.25) is 19.2 Å². The van der Waals surface area contributed by atoms with Crippen molar-refractivity contribution < 1.29 is 23.9 Å². The average Bonchev–Trinajstić information content (AvgIpc) is 3.15. The fourth-order valence-electron chi connectivity index (χ4n) is 2.02. The van der Waals surface area contributed by atoms with E-state index in [1.54, 1.807) is 41.8 Å². The van der Waals surface area contributed by atoms with Gasteiger partial charge in [-0.25, -0.2) is 0 Å². The zero-order valence-corrected chi connectivity index (χ0v) is 15.6. The highest BCUT2D eigenvalue weighted by Gasteiger charge is 2.18. The van der Waals surface area contributed by atoms with Crippen molar-refractivity contribution >= 4 is 46.4 Å². The summed E-state index contributed by atoms with van der Waals surface area (Å²) in [5, 5.41) is 9.40. The molecule has 0 radical (unpaired) electrons. The molecule has 3 amide bonds. The van der Waals surface area contributed by atoms with Crippen LogP contribution < -0.4 is 16.0 Å². The van der Waals surface area contributed by atoms with Gasteiger partial charge in [0.15, 0.2) is 6.10 Å². The molecule has 1 heterocycles. The topological polar surface area (TPSA) is 114 Å². The summed E-state index contributed by atoms with van der Waals surface area (Å²) in [5.41, 5.74) is 1.09. The van der Waals surface area contributed by atoms with E-state index in [4.69, 9.17) is 4.74 Å². The van der Waals surface area contributed by atoms with E-state index in [1.165, 1.54) is 25.2 Å². The lowest BCUT2D eigenvalue weighted by molar-refractivity contribution is -0.152. The highest BCUT2D eigenvalue weighted by molar-refractivity contribution is 7.12. The molecule has 0 fully saturated rings. The molecule has 142 valence electrons. The number of nitrogens with one attached hydrogen (secondary N) is 3. The molecule has 3 N–H and O–H groups in total. The molecule has 0 bridgehead atoms. The van der Waals surface area contributed by atoms with Crippen molar-refractivity contribution in [2.45, 2.75) is 20.0 Å². The summed E-state index contributed by atoms with van der Waals surface area (Å²) in [5.74, 6) is -1.81. The lowest BCUT2D eigenvalue weighted by Gasteiger charge is -2.14. The molecule has 8 nitrogen and oxygen atoms in total. The maximum atomic E-state index is 12.1. The van der Waals surface area contributed by atoms with Gasteiger partial charge >= 0.3 is 5.97 Å². The Bertz CT molecular complexity index is 818. The number of anilines is 2. The van der Waals surface area contributed by atoms with Gasteiger partial charge in [0.1, 0.15) is 6.54 Å². The molecule has 1 aromatic carbocycles. The maximum Gasteiger partial charge on any atom is 0.326 e. The zero-order valence-electron chi connectivity index (χ0n) is 14.8. The molecule has 0 unspecified atom stereocenters. The second kappa shape index (κ2) is 9.48. The molecule has 2 rings (SSSR count). The third kappa shape index (κ3) is 6.55. The van der Waals surface area contributed by atoms with Crippen LogP contribution in [0.5, 0.6) is 0 Å². The van der Waals surface area contributed by atoms with E-state index >= 15 is 0 Å². The van der Waals surface area contributed by atoms with Crippen molar-refractivity contribution in [2.75, 3.05) is 17.2 Å². The summed E-state index contributed by atoms with van der Waals surface area (Å²) < 4.78 is 5.01. The number of carbonyl (C=O) groups excluding carboxylic acids is 4. The van der Waals surface area contributed by atoms with Crippen LogP contribution in [0.15, 0.2) is 41.8 Å². The minimum Gasteiger partial charge on any atom is -0.451 e. The minimum atomic E-state index is -1.04. The van der Waals surface area contributed by atoms with Gasteiger partial charge in [-0.1, -0.05) is 6.07 Å². The Balaban J connectivity index is 1.78. The standard InChI is InChI=1S/C18H19N3O5S/c1-11(26-16(23)10-19-18(25)15-4-3-9-27-15)17(24)21-14-7-5-13(6-8-14)20-12(2)22/h3-9,11H,10H2,1-2H3,(H,19,25)(H,20,22)(H,21,24)/t11-/m1/s1. The number of hydrogen-bond donors (Lipinski definition) is 3. The number of esters is 1. The second-order valence-electron chi connectivity index (χ2n) is 5.54. The molecular weight excluding hydrogens is 370 g/mol. The molecule has 0 saturated heterocycles. The Hall–Kier alpha value is -3.20. The zero-order chi connectivity index (χ0) is 19.8. The van der Waals surface area contributed by atoms with Crippen LogP contribution in [0.4, 0.5) is 11.4 Å². The molecule has 0 aliphatic carbocycles. The lowest BCUT2D eigenvalue weighted by atomic mass is 10.2. The molecule has 0 spiro atoms. The van der Waals surface area contributed by atoms with Crippen LogP contribution in [-0.4, -0.2) is 36.3 Å². The van der Waals surface area contributed by atoms with Crippen LogP contribution in [0.3, 0.4) is 0 Å². The predicted octanol–water partition coefficient (Wildman–Crippen LogP) is 2.01. The van der Waals surface area contributed by atoms with Gasteiger partial charge in [0, 0.05) is 18.3 Å². The molecule has 1 atom stereocenters. The smallest absolute Gasteiger partial charge is 0.326 e. The van der Waals surface area contributed by atoms with Crippen molar-refractivity contribution in [2.24, 2.45) is 0 Å². The van der Waals surface area contributed by atoms with E-state index in [0.29, 0.717) is 16.3 Å². The Morgan fingerprint density at radius 1 is 1.04 bits per heavy atom. The average molecular weight is 389 g/mol. The predicted molar refractivity (Wildman–Crippen MR) is 102 cm³/mol. The van der Waals surface area contributed by atoms with Crippen molar-refractivity contribution in [3.8, 4) is 0 Å². The molecule has 0 aliphatic heterocycles. The van der Waals surface area contributed by atoms with Crippen LogP contribution in [-0.2, 0) is 19.1 Å². The SMILES string of the molecule is CC(=O)Nc1ccc(NC(=O)[C@@H](C)OC(=O)CNC(=O)c2cccs2)cc1. The quantitative estimate of drug-likeness (QED) is 0.627. The van der Waals surface area contributed by atoms with Crippen molar-refractivity contribution in [3.05, 3.63) is 46.7 Å². The van der Waals surface area contributed by atoms with Gasteiger partial charge in [0.2, 0.25) is 5.91 Å². The molecule has 2 aromatic rings. The van der Waals surface area contributed by atoms with Crippen LogP contribution in [0.2, 0.25) is 0 Å². The summed E-state index contributed by atoms with van der Waals surface area (Å²) in [6.45, 7) is 2.49. The number of carbonyl (C=O) groups is 4. The van der Waals surface area contributed by atoms with Crippen LogP contribution in [0.1, 0.15) is 23.5 Å². The summed E-state index contributed by atoms with van der Waals surface area (Å²) in [7, 11) is 0. The van der Waals surface area contributed by atoms with Gasteiger partial charge in [-0.05, 0) is 42.6 Å². The maximum absolute atomic E-state index is 12.1. The van der Waals surface area contributed by atoms with Gasteiger partial charge in [-0.2, -0.15) is 0 Å². The third-order valence-electron chi connectivity index (χ3n) is 3.29. The summed E-state index contributed by atoms with van der Waals surface area (Å²) in [6.07, 6.45) is -1.04. The highest BCUT2D eigenvalue weighted by Crippen LogP contribution is 2.14. The number of thiophene rings is 1. The lowest BCUT2D eigenvalue weighted by Crippen LogP contribution is -2.35. The number of ether oxygens (including phenoxy) is 1. The Morgan fingerprint density at radius 2 is 1.67 bits per heavy atom. The fourth-order valence-corrected chi connectivity index (χ4v) is 2.66. The summed E-state index contributed by atoms with van der Waals surface area (Å²) in [4.78, 5) is 47.1. The first-order chi connectivity index (χ1) is 12.8. The Kier molecular flexibility index (Phi) is 7.07. The van der Waals surface area contributed by atoms with Gasteiger partial charge in [0.25, 0.3) is 11.8 Å². The highest BCUT2D eigenvalue weighted by atomic mass is 32.1. The molecule has 1 aromatic heterocycles. The van der Waals surface area contributed by atoms with E-state index < -0.39 is 18.0 Å². The largest absolute Gasteiger partial charge is 0.451 e. The van der Waals surface area contributed by atoms with Crippen molar-refractivity contribution in [3.63, 3.8) is 0 Å². The number of amides is 3. The van der Waals surface area contributed by atoms with E-state index in [-0.39, 0.29) is 18.4 Å². The first-order valence-electron chi connectivity index (χ1n) is 8.05. The first-order valence-corrected chi connectivity index (χ1v) is 8.93. The first kappa shape index (κ1) is 20.1. The van der Waals surface area contributed by atoms with E-state index in [1.807, 2.05) is 0 Å². The second-order valence-corrected chi connectivity index (χ2v) is 6.49. The minimum absolute atomic E-state index is 0.196. The van der Waals surface area contributed by atoms with Gasteiger partial charge < -0.3 is 20.7 Å². The number of rotatable bonds is 7. The Morgan fingerprint density at radius 3 is 2.22 bits per heavy atom. The van der Waals surface area contributed by atoms with E-state index in [2.05, 4.69) is 16.0 Å². The molecule has 0 saturated carbocycles. The molecule has 9 heteroatoms. The van der Waals surface area contributed by atoms with Gasteiger partial charge in [0.05, 0.1) is 4.88 Å². The normalized spacial score (nSPS) is 11.2. The fraction of sp³-hybridized carbons (Fsp3) is 0.222. The number of hydrogen-bond acceptors (Lipinski definition) is 6. The van der Waals surface area contributed by atoms with Crippen molar-refractivity contribution in [1.29, 1.82) is 0 Å². The van der Waals surface area contributed by atoms with Gasteiger partial charge in [-0.15, -0.1) is 11.3 Å².